The molecule has 0 aliphatic carbocycles. The van der Waals surface area contributed by atoms with Crippen LogP contribution in [0, 0.1) is 16.3 Å². The van der Waals surface area contributed by atoms with Crippen LogP contribution in [0.3, 0.4) is 0 Å². The topological polar surface area (TPSA) is 43.8 Å². The second kappa shape index (κ2) is 5.36. The number of benzene rings is 1. The Labute approximate surface area is 119 Å². The van der Waals surface area contributed by atoms with E-state index < -0.39 is 0 Å². The summed E-state index contributed by atoms with van der Waals surface area (Å²) in [6.45, 7) is 1.96. The molecule has 2 aromatic rings. The van der Waals surface area contributed by atoms with Gasteiger partial charge < -0.3 is 5.73 Å². The Balaban J connectivity index is 2.21. The van der Waals surface area contributed by atoms with Crippen LogP contribution in [0.4, 0.5) is 4.39 Å². The molecule has 2 rings (SSSR count). The standard InChI is InChI=1S/C13H15FIN3/c1-8-5-10(18(2)17-8)7-13(16)11-4-3-9(14)6-12(11)15/h3-6,13H,7,16H2,1-2H3. The quantitative estimate of drug-likeness (QED) is 0.857. The lowest BCUT2D eigenvalue weighted by Crippen LogP contribution is -2.16. The van der Waals surface area contributed by atoms with E-state index in [2.05, 4.69) is 27.7 Å². The molecule has 0 aliphatic heterocycles. The van der Waals surface area contributed by atoms with Gasteiger partial charge in [-0.1, -0.05) is 6.07 Å². The summed E-state index contributed by atoms with van der Waals surface area (Å²) in [4.78, 5) is 0. The normalized spacial score (nSPS) is 12.7. The van der Waals surface area contributed by atoms with Crippen LogP contribution in [0.15, 0.2) is 24.3 Å². The van der Waals surface area contributed by atoms with Crippen molar-refractivity contribution >= 4 is 22.6 Å². The average molecular weight is 359 g/mol. The number of rotatable bonds is 3. The fourth-order valence-corrected chi connectivity index (χ4v) is 2.87. The van der Waals surface area contributed by atoms with E-state index in [1.807, 2.05) is 24.7 Å². The van der Waals surface area contributed by atoms with Crippen molar-refractivity contribution in [2.45, 2.75) is 19.4 Å². The lowest BCUT2D eigenvalue weighted by molar-refractivity contribution is 0.616. The molecule has 0 saturated carbocycles. The molecule has 3 nitrogen and oxygen atoms in total. The second-order valence-corrected chi connectivity index (χ2v) is 5.54. The van der Waals surface area contributed by atoms with Gasteiger partial charge in [-0.25, -0.2) is 4.39 Å². The van der Waals surface area contributed by atoms with E-state index in [-0.39, 0.29) is 11.9 Å². The van der Waals surface area contributed by atoms with E-state index in [0.717, 1.165) is 20.5 Å². The van der Waals surface area contributed by atoms with Gasteiger partial charge in [0.15, 0.2) is 0 Å². The summed E-state index contributed by atoms with van der Waals surface area (Å²) >= 11 is 2.12. The van der Waals surface area contributed by atoms with Gasteiger partial charge in [0.05, 0.1) is 5.69 Å². The van der Waals surface area contributed by atoms with Crippen LogP contribution in [0.5, 0.6) is 0 Å². The number of aromatic nitrogens is 2. The largest absolute Gasteiger partial charge is 0.324 e. The van der Waals surface area contributed by atoms with Crippen molar-refractivity contribution in [3.05, 3.63) is 50.6 Å². The Hall–Kier alpha value is -0.950. The van der Waals surface area contributed by atoms with Crippen molar-refractivity contribution in [2.75, 3.05) is 0 Å². The Morgan fingerprint density at radius 2 is 2.17 bits per heavy atom. The molecule has 18 heavy (non-hydrogen) atoms. The van der Waals surface area contributed by atoms with Crippen molar-refractivity contribution in [3.63, 3.8) is 0 Å². The third-order valence-corrected chi connectivity index (χ3v) is 3.82. The van der Waals surface area contributed by atoms with E-state index in [4.69, 9.17) is 5.73 Å². The van der Waals surface area contributed by atoms with Crippen LogP contribution in [0.25, 0.3) is 0 Å². The van der Waals surface area contributed by atoms with E-state index >= 15 is 0 Å². The highest BCUT2D eigenvalue weighted by Crippen LogP contribution is 2.22. The minimum Gasteiger partial charge on any atom is -0.324 e. The van der Waals surface area contributed by atoms with Crippen molar-refractivity contribution in [1.29, 1.82) is 0 Å². The zero-order valence-corrected chi connectivity index (χ0v) is 12.5. The number of hydrogen-bond acceptors (Lipinski definition) is 2. The summed E-state index contributed by atoms with van der Waals surface area (Å²) in [5, 5.41) is 4.29. The minimum atomic E-state index is -0.230. The highest BCUT2D eigenvalue weighted by Gasteiger charge is 2.13. The molecule has 0 spiro atoms. The van der Waals surface area contributed by atoms with Gasteiger partial charge in [0.2, 0.25) is 0 Å². The van der Waals surface area contributed by atoms with Gasteiger partial charge in [-0.3, -0.25) is 4.68 Å². The number of hydrogen-bond donors (Lipinski definition) is 1. The number of nitrogens with zero attached hydrogens (tertiary/aromatic N) is 2. The fourth-order valence-electron chi connectivity index (χ4n) is 1.99. The first-order chi connectivity index (χ1) is 8.47. The predicted octanol–water partition coefficient (Wildman–Crippen LogP) is 2.71. The lowest BCUT2D eigenvalue weighted by atomic mass is 10.0. The Morgan fingerprint density at radius 1 is 1.44 bits per heavy atom. The molecule has 96 valence electrons. The molecule has 1 aromatic carbocycles. The molecular weight excluding hydrogens is 344 g/mol. The SMILES string of the molecule is Cc1cc(CC(N)c2ccc(F)cc2I)n(C)n1. The molecule has 1 aromatic heterocycles. The summed E-state index contributed by atoms with van der Waals surface area (Å²) in [5.41, 5.74) is 9.22. The molecule has 1 atom stereocenters. The van der Waals surface area contributed by atoms with E-state index in [0.29, 0.717) is 6.42 Å². The van der Waals surface area contributed by atoms with Gasteiger partial charge in [0.1, 0.15) is 5.82 Å². The van der Waals surface area contributed by atoms with Crippen LogP contribution >= 0.6 is 22.6 Å². The van der Waals surface area contributed by atoms with Crippen molar-refractivity contribution in [2.24, 2.45) is 12.8 Å². The van der Waals surface area contributed by atoms with Crippen LogP contribution in [0.2, 0.25) is 0 Å². The predicted molar refractivity (Wildman–Crippen MR) is 77.7 cm³/mol. The van der Waals surface area contributed by atoms with Gasteiger partial charge in [0, 0.05) is 28.8 Å². The molecule has 5 heteroatoms. The maximum Gasteiger partial charge on any atom is 0.124 e. The monoisotopic (exact) mass is 359 g/mol. The molecule has 0 amide bonds. The maximum absolute atomic E-state index is 13.0. The van der Waals surface area contributed by atoms with Crippen molar-refractivity contribution in [1.82, 2.24) is 9.78 Å². The summed E-state index contributed by atoms with van der Waals surface area (Å²) < 4.78 is 15.7. The van der Waals surface area contributed by atoms with Gasteiger partial charge in [-0.2, -0.15) is 5.10 Å². The zero-order valence-electron chi connectivity index (χ0n) is 10.3. The second-order valence-electron chi connectivity index (χ2n) is 4.38. The first kappa shape index (κ1) is 13.5. The fraction of sp³-hybridized carbons (Fsp3) is 0.308. The summed E-state index contributed by atoms with van der Waals surface area (Å²) in [5.74, 6) is -0.230. The van der Waals surface area contributed by atoms with Gasteiger partial charge in [-0.05, 0) is 53.3 Å². The third-order valence-electron chi connectivity index (χ3n) is 2.89. The Bertz CT molecular complexity index is 565. The van der Waals surface area contributed by atoms with Crippen LogP contribution in [-0.2, 0) is 13.5 Å². The van der Waals surface area contributed by atoms with Crippen LogP contribution in [-0.4, -0.2) is 9.78 Å². The summed E-state index contributed by atoms with van der Waals surface area (Å²) in [6, 6.07) is 6.59. The minimum absolute atomic E-state index is 0.146. The first-order valence-corrected chi connectivity index (χ1v) is 6.75. The molecule has 0 fully saturated rings. The van der Waals surface area contributed by atoms with Crippen molar-refractivity contribution < 1.29 is 4.39 Å². The molecule has 0 radical (unpaired) electrons. The average Bonchev–Trinajstić information content (AvgIpc) is 2.57. The van der Waals surface area contributed by atoms with Gasteiger partial charge >= 0.3 is 0 Å². The molecule has 1 heterocycles. The Kier molecular flexibility index (Phi) is 4.01. The first-order valence-electron chi connectivity index (χ1n) is 5.67. The van der Waals surface area contributed by atoms with E-state index in [1.165, 1.54) is 12.1 Å². The molecule has 0 saturated heterocycles. The highest BCUT2D eigenvalue weighted by molar-refractivity contribution is 14.1. The smallest absolute Gasteiger partial charge is 0.124 e. The van der Waals surface area contributed by atoms with Gasteiger partial charge in [-0.15, -0.1) is 0 Å². The van der Waals surface area contributed by atoms with E-state index in [1.54, 1.807) is 6.07 Å². The zero-order chi connectivity index (χ0) is 13.3. The number of halogens is 2. The summed E-state index contributed by atoms with van der Waals surface area (Å²) in [7, 11) is 1.91. The van der Waals surface area contributed by atoms with E-state index in [9.17, 15) is 4.39 Å². The van der Waals surface area contributed by atoms with Crippen molar-refractivity contribution in [3.8, 4) is 0 Å². The molecule has 1 unspecified atom stereocenters. The number of aryl methyl sites for hydroxylation is 2. The highest BCUT2D eigenvalue weighted by atomic mass is 127. The molecular formula is C13H15FIN3. The summed E-state index contributed by atoms with van der Waals surface area (Å²) in [6.07, 6.45) is 0.693. The van der Waals surface area contributed by atoms with Gasteiger partial charge in [0.25, 0.3) is 0 Å². The molecule has 2 N–H and O–H groups in total. The number of nitrogens with two attached hydrogens (primary N) is 1. The maximum atomic E-state index is 13.0. The lowest BCUT2D eigenvalue weighted by Gasteiger charge is -2.14. The van der Waals surface area contributed by atoms with Crippen LogP contribution in [0.1, 0.15) is 23.0 Å². The Morgan fingerprint density at radius 3 is 2.72 bits per heavy atom. The molecule has 0 aliphatic rings. The van der Waals surface area contributed by atoms with Crippen LogP contribution < -0.4 is 5.73 Å². The molecule has 0 bridgehead atoms. The third kappa shape index (κ3) is 2.89.